The SMILES string of the molecule is O=S1(=O)CC=CSC=N1. The molecular weight excluding hydrogens is 158 g/mol. The molecule has 0 spiro atoms. The average molecular weight is 163 g/mol. The van der Waals surface area contributed by atoms with Crippen LogP contribution in [-0.4, -0.2) is 19.7 Å². The predicted molar refractivity (Wildman–Crippen MR) is 39.0 cm³/mol. The van der Waals surface area contributed by atoms with Crippen molar-refractivity contribution in [3.05, 3.63) is 11.5 Å². The van der Waals surface area contributed by atoms with Crippen LogP contribution < -0.4 is 0 Å². The standard InChI is InChI=1S/C4H5NO2S2/c6-9(7)3-1-2-8-4-5-9/h1-2,4H,3H2. The van der Waals surface area contributed by atoms with Crippen molar-refractivity contribution in [1.82, 2.24) is 0 Å². The highest BCUT2D eigenvalue weighted by atomic mass is 32.2. The quantitative estimate of drug-likeness (QED) is 0.525. The van der Waals surface area contributed by atoms with Gasteiger partial charge in [0.15, 0.2) is 0 Å². The highest BCUT2D eigenvalue weighted by molar-refractivity contribution is 8.15. The van der Waals surface area contributed by atoms with E-state index in [9.17, 15) is 8.42 Å². The maximum atomic E-state index is 10.6. The molecule has 1 aliphatic heterocycles. The number of rotatable bonds is 0. The Kier molecular flexibility index (Phi) is 1.92. The van der Waals surface area contributed by atoms with E-state index in [0.29, 0.717) is 0 Å². The molecule has 0 atom stereocenters. The molecular formula is C4H5NO2S2. The third kappa shape index (κ3) is 2.19. The van der Waals surface area contributed by atoms with Crippen LogP contribution in [0.25, 0.3) is 0 Å². The predicted octanol–water partition coefficient (Wildman–Crippen LogP) is 0.605. The molecule has 0 amide bonds. The van der Waals surface area contributed by atoms with Crippen LogP contribution in [0.1, 0.15) is 0 Å². The van der Waals surface area contributed by atoms with Gasteiger partial charge in [-0.15, -0.1) is 0 Å². The Hall–Kier alpha value is -0.290. The Bertz CT molecular complexity index is 239. The highest BCUT2D eigenvalue weighted by Gasteiger charge is 2.04. The summed E-state index contributed by atoms with van der Waals surface area (Å²) < 4.78 is 24.5. The number of sulfonamides is 1. The zero-order chi connectivity index (χ0) is 6.74. The molecule has 0 saturated heterocycles. The fourth-order valence-electron chi connectivity index (χ4n) is 0.385. The zero-order valence-electron chi connectivity index (χ0n) is 4.52. The van der Waals surface area contributed by atoms with E-state index >= 15 is 0 Å². The molecule has 0 aromatic carbocycles. The van der Waals surface area contributed by atoms with Crippen LogP contribution in [0.4, 0.5) is 0 Å². The van der Waals surface area contributed by atoms with E-state index in [-0.39, 0.29) is 5.75 Å². The summed E-state index contributed by atoms with van der Waals surface area (Å²) >= 11 is 1.27. The van der Waals surface area contributed by atoms with Crippen molar-refractivity contribution in [2.75, 3.05) is 5.75 Å². The van der Waals surface area contributed by atoms with Crippen LogP contribution >= 0.6 is 11.8 Å². The van der Waals surface area contributed by atoms with Crippen molar-refractivity contribution >= 4 is 27.3 Å². The van der Waals surface area contributed by atoms with Crippen LogP contribution in [0.5, 0.6) is 0 Å². The first-order chi connectivity index (χ1) is 4.21. The third-order valence-corrected chi connectivity index (χ3v) is 2.50. The number of hydrogen-bond donors (Lipinski definition) is 0. The minimum absolute atomic E-state index is 0.0243. The maximum absolute atomic E-state index is 10.6. The summed E-state index contributed by atoms with van der Waals surface area (Å²) in [6.07, 6.45) is 1.58. The van der Waals surface area contributed by atoms with Gasteiger partial charge in [0.2, 0.25) is 0 Å². The van der Waals surface area contributed by atoms with Gasteiger partial charge in [-0.1, -0.05) is 17.8 Å². The van der Waals surface area contributed by atoms with Crippen molar-refractivity contribution in [2.24, 2.45) is 4.40 Å². The lowest BCUT2D eigenvalue weighted by atomic mass is 10.8. The third-order valence-electron chi connectivity index (χ3n) is 0.746. The first-order valence-corrected chi connectivity index (χ1v) is 4.83. The molecule has 0 aromatic rings. The molecule has 9 heavy (non-hydrogen) atoms. The van der Waals surface area contributed by atoms with Gasteiger partial charge in [-0.25, -0.2) is 8.42 Å². The van der Waals surface area contributed by atoms with E-state index in [1.165, 1.54) is 17.3 Å². The van der Waals surface area contributed by atoms with E-state index in [4.69, 9.17) is 0 Å². The van der Waals surface area contributed by atoms with Gasteiger partial charge < -0.3 is 0 Å². The van der Waals surface area contributed by atoms with Gasteiger partial charge in [0.05, 0.1) is 11.3 Å². The molecule has 50 valence electrons. The molecule has 0 aromatic heterocycles. The fourth-order valence-corrected chi connectivity index (χ4v) is 1.93. The first kappa shape index (κ1) is 6.82. The van der Waals surface area contributed by atoms with Crippen molar-refractivity contribution < 1.29 is 8.42 Å². The van der Waals surface area contributed by atoms with Gasteiger partial charge in [0.25, 0.3) is 10.0 Å². The second-order valence-electron chi connectivity index (χ2n) is 1.47. The molecule has 0 radical (unpaired) electrons. The summed E-state index contributed by atoms with van der Waals surface area (Å²) in [4.78, 5) is 0. The van der Waals surface area contributed by atoms with Crippen LogP contribution in [0, 0.1) is 0 Å². The lowest BCUT2D eigenvalue weighted by Gasteiger charge is -1.85. The smallest absolute Gasteiger partial charge is 0.204 e. The van der Waals surface area contributed by atoms with Gasteiger partial charge in [-0.2, -0.15) is 4.40 Å². The topological polar surface area (TPSA) is 46.5 Å². The van der Waals surface area contributed by atoms with Crippen LogP contribution in [0.3, 0.4) is 0 Å². The van der Waals surface area contributed by atoms with Gasteiger partial charge in [-0.3, -0.25) is 0 Å². The average Bonchev–Trinajstić information content (AvgIpc) is 1.92. The van der Waals surface area contributed by atoms with E-state index < -0.39 is 10.0 Å². The van der Waals surface area contributed by atoms with Crippen molar-refractivity contribution in [3.63, 3.8) is 0 Å². The Balaban J connectivity index is 2.91. The van der Waals surface area contributed by atoms with Crippen LogP contribution in [0.2, 0.25) is 0 Å². The largest absolute Gasteiger partial charge is 0.257 e. The van der Waals surface area contributed by atoms with E-state index in [1.807, 2.05) is 0 Å². The summed E-state index contributed by atoms with van der Waals surface area (Å²) in [6.45, 7) is 0. The minimum atomic E-state index is -3.16. The molecule has 0 unspecified atom stereocenters. The molecule has 3 nitrogen and oxygen atoms in total. The van der Waals surface area contributed by atoms with E-state index in [1.54, 1.807) is 11.5 Å². The molecule has 0 saturated carbocycles. The van der Waals surface area contributed by atoms with Gasteiger partial charge in [-0.05, 0) is 5.41 Å². The molecule has 0 aliphatic carbocycles. The number of nitrogens with zero attached hydrogens (tertiary/aromatic N) is 1. The summed E-state index contributed by atoms with van der Waals surface area (Å²) in [5, 5.41) is 1.70. The van der Waals surface area contributed by atoms with Gasteiger partial charge >= 0.3 is 0 Å². The first-order valence-electron chi connectivity index (χ1n) is 2.28. The lowest BCUT2D eigenvalue weighted by molar-refractivity contribution is 0.601. The minimum Gasteiger partial charge on any atom is -0.204 e. The Morgan fingerprint density at radius 3 is 3.11 bits per heavy atom. The van der Waals surface area contributed by atoms with Crippen LogP contribution in [0.15, 0.2) is 15.9 Å². The Morgan fingerprint density at radius 2 is 2.33 bits per heavy atom. The fraction of sp³-hybridized carbons (Fsp3) is 0.250. The highest BCUT2D eigenvalue weighted by Crippen LogP contribution is 2.05. The number of thioether (sulfide) groups is 1. The molecule has 0 bridgehead atoms. The van der Waals surface area contributed by atoms with E-state index in [0.717, 1.165) is 0 Å². The second-order valence-corrected chi connectivity index (χ2v) is 3.93. The summed E-state index contributed by atoms with van der Waals surface area (Å²) in [7, 11) is -3.16. The zero-order valence-corrected chi connectivity index (χ0v) is 6.15. The second kappa shape index (κ2) is 2.53. The summed E-state index contributed by atoms with van der Waals surface area (Å²) in [5.41, 5.74) is 1.32. The van der Waals surface area contributed by atoms with Crippen molar-refractivity contribution in [2.45, 2.75) is 0 Å². The monoisotopic (exact) mass is 163 g/mol. The number of hydrogen-bond acceptors (Lipinski definition) is 3. The molecule has 1 rings (SSSR count). The lowest BCUT2D eigenvalue weighted by Crippen LogP contribution is -1.97. The van der Waals surface area contributed by atoms with Crippen molar-refractivity contribution in [3.8, 4) is 0 Å². The molecule has 0 fully saturated rings. The summed E-state index contributed by atoms with van der Waals surface area (Å²) in [6, 6.07) is 0. The molecule has 1 heterocycles. The normalized spacial score (nSPS) is 23.6. The Labute approximate surface area is 57.9 Å². The van der Waals surface area contributed by atoms with Crippen LogP contribution in [-0.2, 0) is 10.0 Å². The molecule has 1 aliphatic rings. The van der Waals surface area contributed by atoms with Gasteiger partial charge in [0, 0.05) is 0 Å². The summed E-state index contributed by atoms with van der Waals surface area (Å²) in [5.74, 6) is 0.0243. The van der Waals surface area contributed by atoms with Gasteiger partial charge in [0.1, 0.15) is 0 Å². The molecule has 5 heteroatoms. The Morgan fingerprint density at radius 1 is 1.56 bits per heavy atom. The van der Waals surface area contributed by atoms with E-state index in [2.05, 4.69) is 4.40 Å². The maximum Gasteiger partial charge on any atom is 0.257 e. The molecule has 0 N–H and O–H groups in total. The van der Waals surface area contributed by atoms with Crippen molar-refractivity contribution in [1.29, 1.82) is 0 Å².